The molecule has 0 fully saturated rings. The normalized spacial score (nSPS) is 12.4. The van der Waals surface area contributed by atoms with Gasteiger partial charge in [0.25, 0.3) is 5.91 Å². The number of amides is 1. The van der Waals surface area contributed by atoms with Crippen LogP contribution in [0.3, 0.4) is 0 Å². The SMILES string of the molecule is CCc1ccc(C(C)N/C=C(/C#N)C(=O)N(Cc2ccccc2)C(C)C)cc1. The Kier molecular flexibility index (Phi) is 7.83. The second-order valence-electron chi connectivity index (χ2n) is 7.17. The number of hydrogen-bond acceptors (Lipinski definition) is 3. The summed E-state index contributed by atoms with van der Waals surface area (Å²) >= 11 is 0. The second-order valence-corrected chi connectivity index (χ2v) is 7.17. The molecular formula is C24H29N3O. The van der Waals surface area contributed by atoms with E-state index in [-0.39, 0.29) is 23.6 Å². The molecule has 0 radical (unpaired) electrons. The number of aryl methyl sites for hydroxylation is 1. The summed E-state index contributed by atoms with van der Waals surface area (Å²) < 4.78 is 0. The summed E-state index contributed by atoms with van der Waals surface area (Å²) in [6.45, 7) is 8.54. The first kappa shape index (κ1) is 21.2. The Bertz CT molecular complexity index is 832. The molecule has 0 saturated carbocycles. The van der Waals surface area contributed by atoms with E-state index in [2.05, 4.69) is 42.6 Å². The summed E-state index contributed by atoms with van der Waals surface area (Å²) in [5.74, 6) is -0.262. The molecule has 1 N–H and O–H groups in total. The first-order valence-electron chi connectivity index (χ1n) is 9.76. The number of carbonyl (C=O) groups is 1. The number of hydrogen-bond donors (Lipinski definition) is 1. The van der Waals surface area contributed by atoms with Gasteiger partial charge in [0.2, 0.25) is 0 Å². The Morgan fingerprint density at radius 1 is 1.07 bits per heavy atom. The summed E-state index contributed by atoms with van der Waals surface area (Å²) in [4.78, 5) is 14.7. The highest BCUT2D eigenvalue weighted by atomic mass is 16.2. The van der Waals surface area contributed by atoms with Gasteiger partial charge in [0.05, 0.1) is 0 Å². The monoisotopic (exact) mass is 375 g/mol. The van der Waals surface area contributed by atoms with E-state index in [1.165, 1.54) is 5.56 Å². The van der Waals surface area contributed by atoms with Crippen molar-refractivity contribution < 1.29 is 4.79 Å². The summed E-state index contributed by atoms with van der Waals surface area (Å²) in [6.07, 6.45) is 2.54. The third-order valence-corrected chi connectivity index (χ3v) is 4.80. The predicted molar refractivity (Wildman–Crippen MR) is 113 cm³/mol. The minimum absolute atomic E-state index is 0.00341. The lowest BCUT2D eigenvalue weighted by Gasteiger charge is -2.26. The van der Waals surface area contributed by atoms with Crippen molar-refractivity contribution in [3.05, 3.63) is 83.1 Å². The van der Waals surface area contributed by atoms with Crippen molar-refractivity contribution in [2.75, 3.05) is 0 Å². The molecule has 0 heterocycles. The number of nitriles is 1. The van der Waals surface area contributed by atoms with Gasteiger partial charge in [0.1, 0.15) is 11.6 Å². The van der Waals surface area contributed by atoms with Gasteiger partial charge in [-0.3, -0.25) is 4.79 Å². The lowest BCUT2D eigenvalue weighted by atomic mass is 10.1. The third kappa shape index (κ3) is 5.72. The van der Waals surface area contributed by atoms with Crippen LogP contribution in [0.25, 0.3) is 0 Å². The van der Waals surface area contributed by atoms with E-state index in [0.29, 0.717) is 6.54 Å². The maximum absolute atomic E-state index is 12.9. The fourth-order valence-corrected chi connectivity index (χ4v) is 2.91. The van der Waals surface area contributed by atoms with Crippen LogP contribution >= 0.6 is 0 Å². The molecule has 0 aliphatic carbocycles. The molecule has 1 unspecified atom stereocenters. The molecule has 4 nitrogen and oxygen atoms in total. The second kappa shape index (κ2) is 10.3. The molecule has 0 spiro atoms. The molecule has 0 bridgehead atoms. The molecule has 28 heavy (non-hydrogen) atoms. The Morgan fingerprint density at radius 2 is 1.71 bits per heavy atom. The van der Waals surface area contributed by atoms with Crippen molar-refractivity contribution in [1.29, 1.82) is 5.26 Å². The van der Waals surface area contributed by atoms with Gasteiger partial charge in [0, 0.05) is 24.8 Å². The molecule has 2 aromatic rings. The van der Waals surface area contributed by atoms with E-state index >= 15 is 0 Å². The minimum atomic E-state index is -0.262. The topological polar surface area (TPSA) is 56.1 Å². The van der Waals surface area contributed by atoms with Gasteiger partial charge in [-0.2, -0.15) is 5.26 Å². The fraction of sp³-hybridized carbons (Fsp3) is 0.333. The van der Waals surface area contributed by atoms with Crippen LogP contribution in [0.2, 0.25) is 0 Å². The van der Waals surface area contributed by atoms with Crippen LogP contribution in [0.4, 0.5) is 0 Å². The number of rotatable bonds is 8. The molecule has 0 aliphatic heterocycles. The zero-order valence-corrected chi connectivity index (χ0v) is 17.1. The molecule has 1 atom stereocenters. The van der Waals surface area contributed by atoms with E-state index in [4.69, 9.17) is 0 Å². The van der Waals surface area contributed by atoms with E-state index in [1.54, 1.807) is 11.1 Å². The van der Waals surface area contributed by atoms with Crippen LogP contribution in [-0.2, 0) is 17.8 Å². The van der Waals surface area contributed by atoms with Crippen molar-refractivity contribution >= 4 is 5.91 Å². The molecule has 146 valence electrons. The van der Waals surface area contributed by atoms with Crippen molar-refractivity contribution in [1.82, 2.24) is 10.2 Å². The van der Waals surface area contributed by atoms with E-state index in [1.807, 2.05) is 51.1 Å². The first-order valence-corrected chi connectivity index (χ1v) is 9.76. The average molecular weight is 376 g/mol. The van der Waals surface area contributed by atoms with Crippen LogP contribution in [0, 0.1) is 11.3 Å². The van der Waals surface area contributed by atoms with Crippen molar-refractivity contribution in [2.45, 2.75) is 52.7 Å². The highest BCUT2D eigenvalue weighted by Gasteiger charge is 2.21. The van der Waals surface area contributed by atoms with Crippen LogP contribution in [0.5, 0.6) is 0 Å². The summed E-state index contributed by atoms with van der Waals surface area (Å²) in [5, 5.41) is 12.7. The fourth-order valence-electron chi connectivity index (χ4n) is 2.91. The molecule has 0 saturated heterocycles. The highest BCUT2D eigenvalue weighted by molar-refractivity contribution is 5.97. The number of carbonyl (C=O) groups excluding carboxylic acids is 1. The molecule has 4 heteroatoms. The summed E-state index contributed by atoms with van der Waals surface area (Å²) in [6, 6.07) is 20.2. The Labute approximate surface area is 168 Å². The largest absolute Gasteiger partial charge is 0.383 e. The zero-order chi connectivity index (χ0) is 20.5. The molecule has 1 amide bonds. The van der Waals surface area contributed by atoms with Gasteiger partial charge in [-0.15, -0.1) is 0 Å². The van der Waals surface area contributed by atoms with Gasteiger partial charge in [-0.1, -0.05) is 61.5 Å². The van der Waals surface area contributed by atoms with E-state index in [9.17, 15) is 10.1 Å². The third-order valence-electron chi connectivity index (χ3n) is 4.80. The number of benzene rings is 2. The van der Waals surface area contributed by atoms with Crippen molar-refractivity contribution in [3.63, 3.8) is 0 Å². The van der Waals surface area contributed by atoms with Gasteiger partial charge >= 0.3 is 0 Å². The standard InChI is InChI=1S/C24H29N3O/c1-5-20-11-13-22(14-12-20)19(4)26-16-23(15-25)24(28)27(18(2)3)17-21-9-7-6-8-10-21/h6-14,16,18-19,26H,5,17H2,1-4H3/b23-16-. The molecular weight excluding hydrogens is 346 g/mol. The van der Waals surface area contributed by atoms with Crippen molar-refractivity contribution in [3.8, 4) is 6.07 Å². The van der Waals surface area contributed by atoms with Gasteiger partial charge in [0.15, 0.2) is 0 Å². The van der Waals surface area contributed by atoms with E-state index < -0.39 is 0 Å². The van der Waals surface area contributed by atoms with Crippen LogP contribution in [0.1, 0.15) is 50.4 Å². The lowest BCUT2D eigenvalue weighted by molar-refractivity contribution is -0.129. The Hall–Kier alpha value is -3.06. The van der Waals surface area contributed by atoms with Crippen LogP contribution in [-0.4, -0.2) is 16.8 Å². The van der Waals surface area contributed by atoms with Crippen molar-refractivity contribution in [2.24, 2.45) is 0 Å². The molecule has 0 aromatic heterocycles. The minimum Gasteiger partial charge on any atom is -0.383 e. The number of nitrogens with one attached hydrogen (secondary N) is 1. The molecule has 0 aliphatic rings. The highest BCUT2D eigenvalue weighted by Crippen LogP contribution is 2.15. The number of nitrogens with zero attached hydrogens (tertiary/aromatic N) is 2. The predicted octanol–water partition coefficient (Wildman–Crippen LogP) is 4.74. The smallest absolute Gasteiger partial charge is 0.266 e. The van der Waals surface area contributed by atoms with Crippen LogP contribution in [0.15, 0.2) is 66.4 Å². The first-order chi connectivity index (χ1) is 13.5. The Morgan fingerprint density at radius 3 is 2.25 bits per heavy atom. The van der Waals surface area contributed by atoms with E-state index in [0.717, 1.165) is 17.5 Å². The molecule has 2 rings (SSSR count). The quantitative estimate of drug-likeness (QED) is 0.535. The van der Waals surface area contributed by atoms with Gasteiger partial charge in [-0.05, 0) is 43.9 Å². The van der Waals surface area contributed by atoms with Gasteiger partial charge < -0.3 is 10.2 Å². The average Bonchev–Trinajstić information content (AvgIpc) is 2.72. The maximum atomic E-state index is 12.9. The molecule has 2 aromatic carbocycles. The lowest BCUT2D eigenvalue weighted by Crippen LogP contribution is -2.37. The van der Waals surface area contributed by atoms with Gasteiger partial charge in [-0.25, -0.2) is 0 Å². The maximum Gasteiger partial charge on any atom is 0.266 e. The summed E-state index contributed by atoms with van der Waals surface area (Å²) in [7, 11) is 0. The zero-order valence-electron chi connectivity index (χ0n) is 17.1. The Balaban J connectivity index is 2.11. The summed E-state index contributed by atoms with van der Waals surface area (Å²) in [5.41, 5.74) is 3.55. The van der Waals surface area contributed by atoms with Crippen LogP contribution < -0.4 is 5.32 Å².